The van der Waals surface area contributed by atoms with Crippen LogP contribution in [0.5, 0.6) is 5.75 Å². The van der Waals surface area contributed by atoms with Gasteiger partial charge in [0.15, 0.2) is 0 Å². The minimum atomic E-state index is -0.0714. The smallest absolute Gasteiger partial charge is 0.326 e. The molecule has 0 aliphatic carbocycles. The van der Waals surface area contributed by atoms with Crippen LogP contribution < -0.4 is 10.4 Å². The first-order chi connectivity index (χ1) is 14.0. The van der Waals surface area contributed by atoms with E-state index in [1.165, 1.54) is 0 Å². The van der Waals surface area contributed by atoms with Crippen LogP contribution in [0.2, 0.25) is 0 Å². The van der Waals surface area contributed by atoms with Crippen LogP contribution in [0.15, 0.2) is 47.3 Å². The molecule has 2 heterocycles. The van der Waals surface area contributed by atoms with Gasteiger partial charge >= 0.3 is 5.69 Å². The molecule has 1 N–H and O–H groups in total. The number of piperidine rings is 1. The number of likely N-dealkylation sites (tertiary alicyclic amines) is 1. The Balaban J connectivity index is 1.32. The highest BCUT2D eigenvalue weighted by molar-refractivity contribution is 5.77. The summed E-state index contributed by atoms with van der Waals surface area (Å²) in [6, 6.07) is 14.0. The lowest BCUT2D eigenvalue weighted by Gasteiger charge is -2.32. The summed E-state index contributed by atoms with van der Waals surface area (Å²) in [5.41, 5.74) is 3.95. The summed E-state index contributed by atoms with van der Waals surface area (Å²) in [5.74, 6) is 0.954. The van der Waals surface area contributed by atoms with Gasteiger partial charge in [-0.25, -0.2) is 4.79 Å². The molecule has 1 fully saturated rings. The molecular formula is C23H27N3O3. The lowest BCUT2D eigenvalue weighted by molar-refractivity contribution is -0.133. The zero-order chi connectivity index (χ0) is 20.4. The van der Waals surface area contributed by atoms with Crippen LogP contribution in [0.3, 0.4) is 0 Å². The zero-order valence-corrected chi connectivity index (χ0v) is 17.0. The Labute approximate surface area is 170 Å². The molecule has 1 amide bonds. The molecule has 0 saturated carbocycles. The number of hydrogen-bond acceptors (Lipinski definition) is 3. The maximum Gasteiger partial charge on any atom is 0.326 e. The third-order valence-electron chi connectivity index (χ3n) is 5.72. The van der Waals surface area contributed by atoms with Crippen LogP contribution >= 0.6 is 0 Å². The third-order valence-corrected chi connectivity index (χ3v) is 5.72. The molecule has 6 heteroatoms. The molecule has 0 bridgehead atoms. The summed E-state index contributed by atoms with van der Waals surface area (Å²) in [7, 11) is 0. The molecule has 1 aliphatic rings. The lowest BCUT2D eigenvalue weighted by atomic mass is 10.0. The molecule has 1 aromatic heterocycles. The number of ether oxygens (including phenoxy) is 1. The number of amides is 1. The third kappa shape index (κ3) is 4.06. The molecule has 29 heavy (non-hydrogen) atoms. The van der Waals surface area contributed by atoms with Crippen molar-refractivity contribution in [2.75, 3.05) is 19.7 Å². The molecule has 0 spiro atoms. The standard InChI is InChI=1S/C23H27N3O3/c1-16-7-8-17(2)21(15-16)29-14-11-22(27)25-12-9-18(10-13-25)26-20-6-4-3-5-19(20)24-23(26)28/h3-8,15,18H,9-14H2,1-2H3,(H,24,28). The van der Waals surface area contributed by atoms with Gasteiger partial charge in [-0.15, -0.1) is 0 Å². The number of carbonyl (C=O) groups excluding carboxylic acids is 1. The molecule has 1 saturated heterocycles. The van der Waals surface area contributed by atoms with E-state index in [9.17, 15) is 9.59 Å². The van der Waals surface area contributed by atoms with Crippen molar-refractivity contribution in [1.82, 2.24) is 14.5 Å². The Hall–Kier alpha value is -3.02. The topological polar surface area (TPSA) is 67.3 Å². The molecule has 0 atom stereocenters. The number of aromatic amines is 1. The highest BCUT2D eigenvalue weighted by atomic mass is 16.5. The van der Waals surface area contributed by atoms with Gasteiger partial charge in [0, 0.05) is 19.1 Å². The number of imidazole rings is 1. The van der Waals surface area contributed by atoms with E-state index in [2.05, 4.69) is 11.1 Å². The fourth-order valence-electron chi connectivity index (χ4n) is 4.08. The van der Waals surface area contributed by atoms with Crippen LogP contribution in [0, 0.1) is 13.8 Å². The van der Waals surface area contributed by atoms with Gasteiger partial charge in [0.05, 0.1) is 24.1 Å². The quantitative estimate of drug-likeness (QED) is 0.720. The number of benzene rings is 2. The summed E-state index contributed by atoms with van der Waals surface area (Å²) >= 11 is 0. The number of aryl methyl sites for hydroxylation is 2. The minimum Gasteiger partial charge on any atom is -0.493 e. The van der Waals surface area contributed by atoms with Crippen LogP contribution in [0.1, 0.15) is 36.4 Å². The van der Waals surface area contributed by atoms with Gasteiger partial charge in [-0.3, -0.25) is 9.36 Å². The van der Waals surface area contributed by atoms with Gasteiger partial charge in [-0.2, -0.15) is 0 Å². The summed E-state index contributed by atoms with van der Waals surface area (Å²) in [6.45, 7) is 5.75. The summed E-state index contributed by atoms with van der Waals surface area (Å²) in [4.78, 5) is 29.8. The van der Waals surface area contributed by atoms with Crippen molar-refractivity contribution in [2.24, 2.45) is 0 Å². The van der Waals surface area contributed by atoms with Gasteiger partial charge in [-0.1, -0.05) is 24.3 Å². The number of para-hydroxylation sites is 2. The van der Waals surface area contributed by atoms with E-state index >= 15 is 0 Å². The van der Waals surface area contributed by atoms with Gasteiger partial charge in [0.25, 0.3) is 0 Å². The number of aromatic nitrogens is 2. The van der Waals surface area contributed by atoms with Crippen LogP contribution in [-0.2, 0) is 4.79 Å². The number of nitrogens with one attached hydrogen (secondary N) is 1. The van der Waals surface area contributed by atoms with E-state index in [0.29, 0.717) is 26.1 Å². The molecule has 152 valence electrons. The first-order valence-electron chi connectivity index (χ1n) is 10.2. The van der Waals surface area contributed by atoms with Crippen LogP contribution in [-0.4, -0.2) is 40.1 Å². The molecule has 0 unspecified atom stereocenters. The van der Waals surface area contributed by atoms with Crippen molar-refractivity contribution in [3.63, 3.8) is 0 Å². The molecule has 0 radical (unpaired) electrons. The van der Waals surface area contributed by atoms with Gasteiger partial charge in [0.1, 0.15) is 5.75 Å². The summed E-state index contributed by atoms with van der Waals surface area (Å²) < 4.78 is 7.67. The van der Waals surface area contributed by atoms with Gasteiger partial charge in [-0.05, 0) is 56.0 Å². The predicted octanol–water partition coefficient (Wildman–Crippen LogP) is 3.58. The molecule has 4 rings (SSSR count). The SMILES string of the molecule is Cc1ccc(C)c(OCCC(=O)N2CCC(n3c(=O)[nH]c4ccccc43)CC2)c1. The monoisotopic (exact) mass is 393 g/mol. The fraction of sp³-hybridized carbons (Fsp3) is 0.391. The van der Waals surface area contributed by atoms with Gasteiger partial charge < -0.3 is 14.6 Å². The zero-order valence-electron chi connectivity index (χ0n) is 17.0. The molecule has 1 aliphatic heterocycles. The molecular weight excluding hydrogens is 366 g/mol. The van der Waals surface area contributed by atoms with Crippen LogP contribution in [0.4, 0.5) is 0 Å². The first-order valence-corrected chi connectivity index (χ1v) is 10.2. The lowest BCUT2D eigenvalue weighted by Crippen LogP contribution is -2.40. The maximum absolute atomic E-state index is 12.6. The van der Waals surface area contributed by atoms with Crippen molar-refractivity contribution in [3.8, 4) is 5.75 Å². The summed E-state index contributed by atoms with van der Waals surface area (Å²) in [6.07, 6.45) is 1.93. The average Bonchev–Trinajstić information content (AvgIpc) is 3.06. The largest absolute Gasteiger partial charge is 0.493 e. The van der Waals surface area contributed by atoms with Crippen molar-refractivity contribution in [2.45, 2.75) is 39.2 Å². The van der Waals surface area contributed by atoms with E-state index in [1.54, 1.807) is 0 Å². The van der Waals surface area contributed by atoms with Crippen molar-refractivity contribution >= 4 is 16.9 Å². The van der Waals surface area contributed by atoms with E-state index < -0.39 is 0 Å². The number of hydrogen-bond donors (Lipinski definition) is 1. The highest BCUT2D eigenvalue weighted by Gasteiger charge is 2.25. The Morgan fingerprint density at radius 2 is 1.90 bits per heavy atom. The van der Waals surface area contributed by atoms with Crippen molar-refractivity contribution < 1.29 is 9.53 Å². The number of nitrogens with zero attached hydrogens (tertiary/aromatic N) is 2. The normalized spacial score (nSPS) is 15.0. The van der Waals surface area contributed by atoms with E-state index in [1.807, 2.05) is 59.7 Å². The van der Waals surface area contributed by atoms with Gasteiger partial charge in [0.2, 0.25) is 5.91 Å². The molecule has 2 aromatic carbocycles. The Bertz CT molecular complexity index is 1070. The average molecular weight is 393 g/mol. The second-order valence-corrected chi connectivity index (χ2v) is 7.80. The number of H-pyrrole nitrogens is 1. The van der Waals surface area contributed by atoms with E-state index in [4.69, 9.17) is 4.74 Å². The number of rotatable bonds is 5. The molecule has 6 nitrogen and oxygen atoms in total. The maximum atomic E-state index is 12.6. The first kappa shape index (κ1) is 19.3. The fourth-order valence-corrected chi connectivity index (χ4v) is 4.08. The number of carbonyl (C=O) groups is 1. The summed E-state index contributed by atoms with van der Waals surface area (Å²) in [5, 5.41) is 0. The second kappa shape index (κ2) is 8.15. The van der Waals surface area contributed by atoms with Crippen LogP contribution in [0.25, 0.3) is 11.0 Å². The Morgan fingerprint density at radius 1 is 1.14 bits per heavy atom. The van der Waals surface area contributed by atoms with Crippen molar-refractivity contribution in [3.05, 3.63) is 64.1 Å². The highest BCUT2D eigenvalue weighted by Crippen LogP contribution is 2.25. The van der Waals surface area contributed by atoms with E-state index in [0.717, 1.165) is 40.8 Å². The molecule has 3 aromatic rings. The Kier molecular flexibility index (Phi) is 5.43. The Morgan fingerprint density at radius 3 is 2.69 bits per heavy atom. The number of fused-ring (bicyclic) bond motifs is 1. The second-order valence-electron chi connectivity index (χ2n) is 7.80. The minimum absolute atomic E-state index is 0.0714. The predicted molar refractivity (Wildman–Crippen MR) is 113 cm³/mol. The van der Waals surface area contributed by atoms with Crippen molar-refractivity contribution in [1.29, 1.82) is 0 Å². The van der Waals surface area contributed by atoms with E-state index in [-0.39, 0.29) is 17.6 Å².